The van der Waals surface area contributed by atoms with Gasteiger partial charge in [0.2, 0.25) is 0 Å². The Morgan fingerprint density at radius 3 is 1.05 bits per heavy atom. The van der Waals surface area contributed by atoms with Crippen LogP contribution < -0.4 is 0 Å². The van der Waals surface area contributed by atoms with E-state index < -0.39 is 0 Å². The van der Waals surface area contributed by atoms with Gasteiger partial charge in [0.1, 0.15) is 0 Å². The van der Waals surface area contributed by atoms with Crippen LogP contribution in [0.5, 0.6) is 0 Å². The number of rotatable bonds is 5. The third-order valence-corrected chi connectivity index (χ3v) is 6.70. The highest BCUT2D eigenvalue weighted by molar-refractivity contribution is 6.03. The van der Waals surface area contributed by atoms with Gasteiger partial charge in [-0.15, -0.1) is 0 Å². The molecule has 0 bridgehead atoms. The summed E-state index contributed by atoms with van der Waals surface area (Å²) in [7, 11) is 0. The van der Waals surface area contributed by atoms with Crippen molar-refractivity contribution in [3.8, 4) is 56.0 Å². The van der Waals surface area contributed by atoms with Crippen molar-refractivity contribution >= 4 is 0 Å². The van der Waals surface area contributed by atoms with Crippen LogP contribution in [0.3, 0.4) is 0 Å². The molecule has 5 aromatic carbocycles. The SMILES string of the molecule is Cc1ccc(-c2c(-c3ccccc3)[o+]c(-c3ccccc3)c(-c3ccccc3)c2-c2ccccc2)cc1. The second kappa shape index (κ2) is 10.1. The fourth-order valence-corrected chi connectivity index (χ4v) is 4.91. The Kier molecular flexibility index (Phi) is 6.19. The number of benzene rings is 5. The van der Waals surface area contributed by atoms with Gasteiger partial charge in [0, 0.05) is 5.56 Å². The first-order chi connectivity index (χ1) is 18.3. The normalized spacial score (nSPS) is 10.8. The summed E-state index contributed by atoms with van der Waals surface area (Å²) in [5.41, 5.74) is 10.1. The Morgan fingerprint density at radius 1 is 0.324 bits per heavy atom. The molecule has 1 aromatic heterocycles. The van der Waals surface area contributed by atoms with Crippen molar-refractivity contribution in [2.75, 3.05) is 0 Å². The molecule has 37 heavy (non-hydrogen) atoms. The highest BCUT2D eigenvalue weighted by Gasteiger charge is 2.34. The van der Waals surface area contributed by atoms with Gasteiger partial charge in [-0.2, -0.15) is 0 Å². The van der Waals surface area contributed by atoms with Gasteiger partial charge in [-0.05, 0) is 47.9 Å². The lowest BCUT2D eigenvalue weighted by Gasteiger charge is -2.16. The van der Waals surface area contributed by atoms with Gasteiger partial charge in [-0.25, -0.2) is 4.42 Å². The molecule has 0 radical (unpaired) electrons. The summed E-state index contributed by atoms with van der Waals surface area (Å²) in [5, 5.41) is 0. The van der Waals surface area contributed by atoms with Crippen molar-refractivity contribution in [3.63, 3.8) is 0 Å². The van der Waals surface area contributed by atoms with Crippen LogP contribution in [0.4, 0.5) is 0 Å². The van der Waals surface area contributed by atoms with Crippen LogP contribution in [0, 0.1) is 6.92 Å². The Morgan fingerprint density at radius 2 is 0.649 bits per heavy atom. The largest absolute Gasteiger partial charge is 0.369 e. The molecule has 0 spiro atoms. The number of hydrogen-bond donors (Lipinski definition) is 0. The molecule has 0 amide bonds. The molecule has 1 heteroatoms. The minimum absolute atomic E-state index is 0.861. The highest BCUT2D eigenvalue weighted by Crippen LogP contribution is 2.50. The average Bonchev–Trinajstić information content (AvgIpc) is 2.98. The molecule has 0 saturated carbocycles. The Labute approximate surface area is 218 Å². The van der Waals surface area contributed by atoms with E-state index in [2.05, 4.69) is 140 Å². The molecule has 0 N–H and O–H groups in total. The van der Waals surface area contributed by atoms with Gasteiger partial charge in [0.25, 0.3) is 0 Å². The first-order valence-electron chi connectivity index (χ1n) is 12.6. The van der Waals surface area contributed by atoms with Crippen LogP contribution in [0.2, 0.25) is 0 Å². The first-order valence-corrected chi connectivity index (χ1v) is 12.6. The molecule has 6 aromatic rings. The van der Waals surface area contributed by atoms with Crippen LogP contribution in [-0.4, -0.2) is 0 Å². The number of aryl methyl sites for hydroxylation is 1. The van der Waals surface area contributed by atoms with Gasteiger partial charge >= 0.3 is 11.5 Å². The molecule has 0 atom stereocenters. The lowest BCUT2D eigenvalue weighted by molar-refractivity contribution is 0.586. The molecule has 0 aliphatic carbocycles. The predicted molar refractivity (Wildman–Crippen MR) is 155 cm³/mol. The highest BCUT2D eigenvalue weighted by atomic mass is 16.3. The smallest absolute Gasteiger partial charge is 0.205 e. The minimum atomic E-state index is 0.861. The van der Waals surface area contributed by atoms with E-state index in [4.69, 9.17) is 4.42 Å². The third kappa shape index (κ3) is 4.48. The van der Waals surface area contributed by atoms with Crippen molar-refractivity contribution in [1.29, 1.82) is 0 Å². The second-order valence-corrected chi connectivity index (χ2v) is 9.22. The molecule has 176 valence electrons. The van der Waals surface area contributed by atoms with E-state index in [1.54, 1.807) is 0 Å². The van der Waals surface area contributed by atoms with Crippen molar-refractivity contribution in [1.82, 2.24) is 0 Å². The van der Waals surface area contributed by atoms with Gasteiger partial charge in [-0.3, -0.25) is 0 Å². The van der Waals surface area contributed by atoms with Crippen molar-refractivity contribution < 1.29 is 4.42 Å². The fourth-order valence-electron chi connectivity index (χ4n) is 4.91. The average molecular weight is 476 g/mol. The maximum absolute atomic E-state index is 7.01. The first kappa shape index (κ1) is 22.7. The van der Waals surface area contributed by atoms with E-state index in [-0.39, 0.29) is 0 Å². The summed E-state index contributed by atoms with van der Waals surface area (Å²) in [4.78, 5) is 0. The van der Waals surface area contributed by atoms with Crippen LogP contribution in [0.15, 0.2) is 150 Å². The summed E-state index contributed by atoms with van der Waals surface area (Å²) in [6.45, 7) is 2.12. The van der Waals surface area contributed by atoms with Crippen LogP contribution >= 0.6 is 0 Å². The van der Waals surface area contributed by atoms with E-state index in [0.29, 0.717) is 0 Å². The summed E-state index contributed by atoms with van der Waals surface area (Å²) in [6, 6.07) is 50.9. The zero-order valence-corrected chi connectivity index (χ0v) is 20.8. The van der Waals surface area contributed by atoms with Crippen molar-refractivity contribution in [2.24, 2.45) is 0 Å². The predicted octanol–water partition coefficient (Wildman–Crippen LogP) is 10.2. The van der Waals surface area contributed by atoms with Crippen LogP contribution in [0.25, 0.3) is 56.0 Å². The zero-order valence-electron chi connectivity index (χ0n) is 20.8. The summed E-state index contributed by atoms with van der Waals surface area (Å²) in [6.07, 6.45) is 0. The molecule has 0 unspecified atom stereocenters. The van der Waals surface area contributed by atoms with Crippen molar-refractivity contribution in [2.45, 2.75) is 6.92 Å². The Hall–Kier alpha value is -4.75. The third-order valence-electron chi connectivity index (χ3n) is 6.70. The van der Waals surface area contributed by atoms with E-state index >= 15 is 0 Å². The monoisotopic (exact) mass is 475 g/mol. The van der Waals surface area contributed by atoms with E-state index in [1.165, 1.54) is 11.1 Å². The minimum Gasteiger partial charge on any atom is -0.205 e. The Bertz CT molecular complexity index is 1620. The van der Waals surface area contributed by atoms with E-state index in [1.807, 2.05) is 12.1 Å². The zero-order chi connectivity index (χ0) is 25.0. The molecule has 1 nitrogen and oxygen atoms in total. The summed E-state index contributed by atoms with van der Waals surface area (Å²) >= 11 is 0. The molecule has 0 fully saturated rings. The molecule has 6 rings (SSSR count). The molecule has 0 aliphatic heterocycles. The van der Waals surface area contributed by atoms with Gasteiger partial charge in [0.05, 0.1) is 22.3 Å². The van der Waals surface area contributed by atoms with Gasteiger partial charge in [0.15, 0.2) is 0 Å². The number of hydrogen-bond acceptors (Lipinski definition) is 0. The standard InChI is InChI=1S/C36H27O/c1-26-22-24-29(25-23-26)34-32(27-14-6-2-7-15-27)33(28-16-8-3-9-17-28)35(30-18-10-4-11-19-30)37-36(34)31-20-12-5-13-21-31/h2-25H,1H3/q+1. The fraction of sp³-hybridized carbons (Fsp3) is 0.0278. The maximum Gasteiger partial charge on any atom is 0.369 e. The lowest BCUT2D eigenvalue weighted by Crippen LogP contribution is -1.98. The second-order valence-electron chi connectivity index (χ2n) is 9.22. The van der Waals surface area contributed by atoms with Gasteiger partial charge < -0.3 is 0 Å². The van der Waals surface area contributed by atoms with Crippen LogP contribution in [0.1, 0.15) is 5.56 Å². The van der Waals surface area contributed by atoms with E-state index in [9.17, 15) is 0 Å². The van der Waals surface area contributed by atoms with Gasteiger partial charge in [-0.1, -0.05) is 127 Å². The molecule has 1 heterocycles. The molecular formula is C36H27O+. The summed E-state index contributed by atoms with van der Waals surface area (Å²) < 4.78 is 7.01. The van der Waals surface area contributed by atoms with E-state index in [0.717, 1.165) is 50.5 Å². The Balaban J connectivity index is 1.84. The van der Waals surface area contributed by atoms with Crippen molar-refractivity contribution in [3.05, 3.63) is 151 Å². The maximum atomic E-state index is 7.01. The quantitative estimate of drug-likeness (QED) is 0.226. The molecular weight excluding hydrogens is 448 g/mol. The topological polar surface area (TPSA) is 11.3 Å². The molecule has 0 saturated heterocycles. The van der Waals surface area contributed by atoms with Crippen LogP contribution in [-0.2, 0) is 0 Å². The molecule has 0 aliphatic rings. The summed E-state index contributed by atoms with van der Waals surface area (Å²) in [5.74, 6) is 1.72. The lowest BCUT2D eigenvalue weighted by atomic mass is 9.84.